The summed E-state index contributed by atoms with van der Waals surface area (Å²) in [5.41, 5.74) is 0.781. The first-order valence-corrected chi connectivity index (χ1v) is 5.85. The number of ether oxygens (including phenoxy) is 1. The Morgan fingerprint density at radius 1 is 1.29 bits per heavy atom. The van der Waals surface area contributed by atoms with Crippen molar-refractivity contribution in [3.63, 3.8) is 0 Å². The maximum Gasteiger partial charge on any atom is 0.119 e. The van der Waals surface area contributed by atoms with Gasteiger partial charge in [0, 0.05) is 5.33 Å². The second kappa shape index (κ2) is 6.85. The van der Waals surface area contributed by atoms with Gasteiger partial charge in [-0.2, -0.15) is 0 Å². The molecule has 1 radical (unpaired) electrons. The van der Waals surface area contributed by atoms with Crippen LogP contribution in [0.15, 0.2) is 24.3 Å². The van der Waals surface area contributed by atoms with E-state index >= 15 is 0 Å². The number of alkyl halides is 1. The Hall–Kier alpha value is -0.540. The highest BCUT2D eigenvalue weighted by Gasteiger charge is 1.95. The van der Waals surface area contributed by atoms with Crippen molar-refractivity contribution >= 4 is 15.9 Å². The summed E-state index contributed by atoms with van der Waals surface area (Å²) in [6.45, 7) is 0.534. The normalized spacial score (nSPS) is 10.1. The molecule has 0 bridgehead atoms. The average molecular weight is 258 g/mol. The first-order chi connectivity index (χ1) is 6.86. The minimum Gasteiger partial charge on any atom is -0.494 e. The lowest BCUT2D eigenvalue weighted by Crippen LogP contribution is -1.97. The van der Waals surface area contributed by atoms with Crippen LogP contribution in [-0.4, -0.2) is 11.9 Å². The molecule has 0 unspecified atom stereocenters. The third-order valence-electron chi connectivity index (χ3n) is 1.86. The Bertz CT molecular complexity index is 263. The van der Waals surface area contributed by atoms with E-state index in [9.17, 15) is 5.11 Å². The summed E-state index contributed by atoms with van der Waals surface area (Å²) >= 11 is 3.36. The van der Waals surface area contributed by atoms with E-state index in [1.165, 1.54) is 0 Å². The summed E-state index contributed by atoms with van der Waals surface area (Å²) in [5.74, 6) is 0.799. The van der Waals surface area contributed by atoms with Crippen molar-refractivity contribution in [3.8, 4) is 5.75 Å². The number of rotatable bonds is 6. The summed E-state index contributed by atoms with van der Waals surface area (Å²) in [6.07, 6.45) is 2.15. The van der Waals surface area contributed by atoms with E-state index < -0.39 is 0 Å². The minimum atomic E-state index is -0.182. The molecule has 0 aromatic heterocycles. The number of halogens is 1. The largest absolute Gasteiger partial charge is 0.494 e. The molecule has 14 heavy (non-hydrogen) atoms. The highest BCUT2D eigenvalue weighted by Crippen LogP contribution is 2.13. The van der Waals surface area contributed by atoms with Crippen molar-refractivity contribution < 1.29 is 9.84 Å². The van der Waals surface area contributed by atoms with Gasteiger partial charge in [0.15, 0.2) is 0 Å². The van der Waals surface area contributed by atoms with E-state index in [2.05, 4.69) is 15.9 Å². The molecule has 0 aliphatic heterocycles. The second-order valence-corrected chi connectivity index (χ2v) is 3.83. The maximum atomic E-state index is 10.6. The molecule has 0 saturated heterocycles. The lowest BCUT2D eigenvalue weighted by Gasteiger charge is -2.05. The SMILES string of the molecule is [O]Cc1cccc(OCCCCBr)c1. The molecule has 1 aromatic rings. The molecule has 2 nitrogen and oxygen atoms in total. The van der Waals surface area contributed by atoms with Crippen molar-refractivity contribution in [2.75, 3.05) is 11.9 Å². The Balaban J connectivity index is 2.34. The molecule has 0 saturated carbocycles. The van der Waals surface area contributed by atoms with Gasteiger partial charge in [0.2, 0.25) is 0 Å². The van der Waals surface area contributed by atoms with E-state index in [4.69, 9.17) is 4.74 Å². The molecule has 1 aromatic carbocycles. The fraction of sp³-hybridized carbons (Fsp3) is 0.455. The summed E-state index contributed by atoms with van der Waals surface area (Å²) in [7, 11) is 0. The van der Waals surface area contributed by atoms with Gasteiger partial charge < -0.3 is 4.74 Å². The van der Waals surface area contributed by atoms with Crippen molar-refractivity contribution in [1.82, 2.24) is 0 Å². The molecule has 1 rings (SSSR count). The third-order valence-corrected chi connectivity index (χ3v) is 2.42. The van der Waals surface area contributed by atoms with Crippen LogP contribution in [0.1, 0.15) is 18.4 Å². The molecule has 0 heterocycles. The fourth-order valence-corrected chi connectivity index (χ4v) is 1.51. The Labute approximate surface area is 93.0 Å². The zero-order valence-corrected chi connectivity index (χ0v) is 9.63. The van der Waals surface area contributed by atoms with E-state index in [-0.39, 0.29) is 6.61 Å². The van der Waals surface area contributed by atoms with Crippen molar-refractivity contribution in [1.29, 1.82) is 0 Å². The quantitative estimate of drug-likeness (QED) is 0.569. The average Bonchev–Trinajstić information content (AvgIpc) is 2.25. The number of benzene rings is 1. The van der Waals surface area contributed by atoms with Crippen LogP contribution < -0.4 is 4.74 Å². The molecule has 0 aliphatic rings. The van der Waals surface area contributed by atoms with Crippen LogP contribution in [0.4, 0.5) is 0 Å². The van der Waals surface area contributed by atoms with Gasteiger partial charge in [-0.3, -0.25) is 0 Å². The lowest BCUT2D eigenvalue weighted by molar-refractivity contribution is 0.177. The summed E-state index contributed by atoms with van der Waals surface area (Å²) < 4.78 is 5.49. The lowest BCUT2D eigenvalue weighted by atomic mass is 10.2. The van der Waals surface area contributed by atoms with Gasteiger partial charge in [0.05, 0.1) is 6.61 Å². The second-order valence-electron chi connectivity index (χ2n) is 3.04. The van der Waals surface area contributed by atoms with Crippen LogP contribution >= 0.6 is 15.9 Å². The zero-order valence-electron chi connectivity index (χ0n) is 8.04. The number of hydrogen-bond donors (Lipinski definition) is 0. The summed E-state index contributed by atoms with van der Waals surface area (Å²) in [6, 6.07) is 7.36. The highest BCUT2D eigenvalue weighted by atomic mass is 79.9. The van der Waals surface area contributed by atoms with Gasteiger partial charge >= 0.3 is 0 Å². The van der Waals surface area contributed by atoms with E-state index in [1.54, 1.807) is 6.07 Å². The molecule has 0 atom stereocenters. The Morgan fingerprint density at radius 3 is 2.86 bits per heavy atom. The molecule has 77 valence electrons. The molecule has 0 N–H and O–H groups in total. The van der Waals surface area contributed by atoms with E-state index in [1.807, 2.05) is 18.2 Å². The maximum absolute atomic E-state index is 10.6. The number of unbranched alkanes of at least 4 members (excludes halogenated alkanes) is 1. The fourth-order valence-electron chi connectivity index (χ4n) is 1.11. The molecular weight excluding hydrogens is 244 g/mol. The standard InChI is InChI=1S/C11H14BrO2/c12-6-1-2-7-14-11-5-3-4-10(8-11)9-13/h3-5,8H,1-2,6-7,9H2. The molecule has 3 heteroatoms. The monoisotopic (exact) mass is 257 g/mol. The van der Waals surface area contributed by atoms with Crippen molar-refractivity contribution in [3.05, 3.63) is 29.8 Å². The van der Waals surface area contributed by atoms with Gasteiger partial charge in [-0.25, -0.2) is 5.11 Å². The van der Waals surface area contributed by atoms with Gasteiger partial charge in [0.1, 0.15) is 12.4 Å². The molecule has 0 aliphatic carbocycles. The van der Waals surface area contributed by atoms with Gasteiger partial charge in [-0.15, -0.1) is 0 Å². The first kappa shape index (κ1) is 11.5. The smallest absolute Gasteiger partial charge is 0.119 e. The molecule has 0 fully saturated rings. The molecule has 0 amide bonds. The summed E-state index contributed by atoms with van der Waals surface area (Å²) in [4.78, 5) is 0. The first-order valence-electron chi connectivity index (χ1n) is 4.72. The van der Waals surface area contributed by atoms with E-state index in [0.29, 0.717) is 6.61 Å². The predicted octanol–water partition coefficient (Wildman–Crippen LogP) is 3.17. The zero-order chi connectivity index (χ0) is 10.2. The van der Waals surface area contributed by atoms with Crippen molar-refractivity contribution in [2.45, 2.75) is 19.4 Å². The molecular formula is C11H14BrO2. The number of hydrogen-bond acceptors (Lipinski definition) is 1. The van der Waals surface area contributed by atoms with Crippen LogP contribution in [0.25, 0.3) is 0 Å². The highest BCUT2D eigenvalue weighted by molar-refractivity contribution is 9.09. The Kier molecular flexibility index (Phi) is 5.64. The van der Waals surface area contributed by atoms with Crippen LogP contribution in [-0.2, 0) is 11.7 Å². The van der Waals surface area contributed by atoms with Crippen LogP contribution in [0, 0.1) is 0 Å². The molecule has 0 spiro atoms. The Morgan fingerprint density at radius 2 is 2.14 bits per heavy atom. The van der Waals surface area contributed by atoms with Crippen molar-refractivity contribution in [2.24, 2.45) is 0 Å². The predicted molar refractivity (Wildman–Crippen MR) is 59.4 cm³/mol. The van der Waals surface area contributed by atoms with Gasteiger partial charge in [-0.1, -0.05) is 28.1 Å². The van der Waals surface area contributed by atoms with E-state index in [0.717, 1.165) is 29.5 Å². The van der Waals surface area contributed by atoms with Crippen LogP contribution in [0.3, 0.4) is 0 Å². The van der Waals surface area contributed by atoms with Gasteiger partial charge in [0.25, 0.3) is 0 Å². The van der Waals surface area contributed by atoms with Crippen LogP contribution in [0.2, 0.25) is 0 Å². The summed E-state index contributed by atoms with van der Waals surface area (Å²) in [5, 5.41) is 11.6. The van der Waals surface area contributed by atoms with Gasteiger partial charge in [-0.05, 0) is 30.5 Å². The van der Waals surface area contributed by atoms with Crippen LogP contribution in [0.5, 0.6) is 5.75 Å². The minimum absolute atomic E-state index is 0.182. The third kappa shape index (κ3) is 4.11. The topological polar surface area (TPSA) is 29.1 Å².